The summed E-state index contributed by atoms with van der Waals surface area (Å²) < 4.78 is 53.4. The number of carbonyl (C=O) groups is 2. The van der Waals surface area contributed by atoms with E-state index in [1.807, 2.05) is 18.2 Å². The molecule has 1 aliphatic rings. The summed E-state index contributed by atoms with van der Waals surface area (Å²) in [5.41, 5.74) is 0. The van der Waals surface area contributed by atoms with Gasteiger partial charge >= 0.3 is 27.6 Å². The highest BCUT2D eigenvalue weighted by Crippen LogP contribution is 2.44. The summed E-state index contributed by atoms with van der Waals surface area (Å²) in [4.78, 5) is 52.7. The molecule has 62 heavy (non-hydrogen) atoms. The Bertz CT molecular complexity index is 1530. The van der Waals surface area contributed by atoms with Crippen molar-refractivity contribution in [2.45, 2.75) is 154 Å². The monoisotopic (exact) mass is 912 g/mol. The Balaban J connectivity index is 2.41. The van der Waals surface area contributed by atoms with E-state index in [0.717, 1.165) is 83.5 Å². The molecule has 0 bridgehead atoms. The number of rotatable bonds is 39. The number of carbonyl (C=O) groups excluding carboxylic acids is 2. The Morgan fingerprint density at radius 1 is 0.548 bits per heavy atom. The van der Waals surface area contributed by atoms with Crippen molar-refractivity contribution < 1.29 is 66.3 Å². The predicted molar refractivity (Wildman–Crippen MR) is 243 cm³/mol. The summed E-state index contributed by atoms with van der Waals surface area (Å²) in [5, 5.41) is 9.75. The maximum atomic E-state index is 12.7. The number of epoxide rings is 1. The van der Waals surface area contributed by atoms with Crippen molar-refractivity contribution in [1.29, 1.82) is 0 Å². The third-order valence-corrected chi connectivity index (χ3v) is 10.3. The van der Waals surface area contributed by atoms with E-state index < -0.39 is 66.2 Å². The molecule has 14 nitrogen and oxygen atoms in total. The van der Waals surface area contributed by atoms with Crippen LogP contribution in [0.3, 0.4) is 0 Å². The molecule has 16 heteroatoms. The fraction of sp³-hybridized carbons (Fsp3) is 0.609. The van der Waals surface area contributed by atoms with Crippen LogP contribution in [0.4, 0.5) is 0 Å². The lowest BCUT2D eigenvalue weighted by Gasteiger charge is -2.20. The zero-order chi connectivity index (χ0) is 45.6. The van der Waals surface area contributed by atoms with Crippen LogP contribution in [-0.2, 0) is 46.5 Å². The van der Waals surface area contributed by atoms with Gasteiger partial charge in [-0.2, -0.15) is 0 Å². The number of allylic oxidation sites excluding steroid dienone is 14. The van der Waals surface area contributed by atoms with Crippen LogP contribution in [0, 0.1) is 0 Å². The SMILES string of the molecule is CC/C=C\C/C=C\C/C=C\CCCCCCCC(=O)O[C@H](COC(=O)CC/C=C\C/C=C\C/C=C\C/C=C\CC1OC1C/C=C\CC)COP(=O)(O)OC[C@@H](O)COP(=O)(O)O. The second-order valence-electron chi connectivity index (χ2n) is 14.6. The van der Waals surface area contributed by atoms with Crippen molar-refractivity contribution in [2.75, 3.05) is 26.4 Å². The van der Waals surface area contributed by atoms with Crippen molar-refractivity contribution >= 4 is 27.6 Å². The molecule has 352 valence electrons. The molecular formula is C46H74O14P2. The van der Waals surface area contributed by atoms with Crippen molar-refractivity contribution in [3.05, 3.63) is 97.2 Å². The zero-order valence-corrected chi connectivity index (χ0v) is 38.7. The lowest BCUT2D eigenvalue weighted by Crippen LogP contribution is -2.29. The molecule has 0 spiro atoms. The van der Waals surface area contributed by atoms with Gasteiger partial charge in [0.15, 0.2) is 6.10 Å². The summed E-state index contributed by atoms with van der Waals surface area (Å²) in [5.74, 6) is -1.16. The van der Waals surface area contributed by atoms with E-state index in [4.69, 9.17) is 28.5 Å². The fourth-order valence-electron chi connectivity index (χ4n) is 5.49. The summed E-state index contributed by atoms with van der Waals surface area (Å²) in [6.45, 7) is 1.40. The largest absolute Gasteiger partial charge is 0.472 e. The van der Waals surface area contributed by atoms with Crippen LogP contribution < -0.4 is 0 Å². The van der Waals surface area contributed by atoms with Gasteiger partial charge < -0.3 is 34.0 Å². The number of ether oxygens (including phenoxy) is 3. The molecule has 1 rings (SSSR count). The van der Waals surface area contributed by atoms with E-state index in [2.05, 4.69) is 102 Å². The molecule has 0 radical (unpaired) electrons. The van der Waals surface area contributed by atoms with Gasteiger partial charge in [0.25, 0.3) is 0 Å². The number of aliphatic hydroxyl groups is 1. The van der Waals surface area contributed by atoms with Gasteiger partial charge in [-0.25, -0.2) is 9.13 Å². The van der Waals surface area contributed by atoms with Crippen LogP contribution in [0.5, 0.6) is 0 Å². The Kier molecular flexibility index (Phi) is 34.4. The molecule has 1 fully saturated rings. The van der Waals surface area contributed by atoms with Crippen molar-refractivity contribution in [1.82, 2.24) is 0 Å². The van der Waals surface area contributed by atoms with E-state index in [0.29, 0.717) is 31.5 Å². The average Bonchev–Trinajstić information content (AvgIpc) is 3.99. The fourth-order valence-corrected chi connectivity index (χ4v) is 6.64. The predicted octanol–water partition coefficient (Wildman–Crippen LogP) is 10.3. The van der Waals surface area contributed by atoms with Gasteiger partial charge in [-0.1, -0.05) is 130 Å². The number of esters is 2. The molecule has 3 unspecified atom stereocenters. The molecule has 5 atom stereocenters. The second-order valence-corrected chi connectivity index (χ2v) is 17.3. The molecule has 0 aromatic rings. The van der Waals surface area contributed by atoms with Gasteiger partial charge in [0.05, 0.1) is 32.0 Å². The highest BCUT2D eigenvalue weighted by atomic mass is 31.2. The second kappa shape index (κ2) is 37.4. The Hall–Kier alpha value is -3.00. The summed E-state index contributed by atoms with van der Waals surface area (Å²) >= 11 is 0. The third-order valence-electron chi connectivity index (χ3n) is 8.87. The lowest BCUT2D eigenvalue weighted by atomic mass is 10.1. The van der Waals surface area contributed by atoms with Crippen molar-refractivity contribution in [3.8, 4) is 0 Å². The first kappa shape index (κ1) is 57.0. The molecule has 0 amide bonds. The molecule has 0 aromatic carbocycles. The lowest BCUT2D eigenvalue weighted by molar-refractivity contribution is -0.161. The van der Waals surface area contributed by atoms with Gasteiger partial charge in [-0.15, -0.1) is 0 Å². The van der Waals surface area contributed by atoms with Gasteiger partial charge in [-0.3, -0.25) is 23.2 Å². The van der Waals surface area contributed by atoms with Crippen LogP contribution >= 0.6 is 15.6 Å². The first-order valence-electron chi connectivity index (χ1n) is 22.1. The minimum Gasteiger partial charge on any atom is -0.462 e. The first-order valence-corrected chi connectivity index (χ1v) is 25.1. The van der Waals surface area contributed by atoms with Crippen molar-refractivity contribution in [3.63, 3.8) is 0 Å². The normalized spacial score (nSPS) is 18.2. The van der Waals surface area contributed by atoms with Gasteiger partial charge in [0.1, 0.15) is 12.7 Å². The summed E-state index contributed by atoms with van der Waals surface area (Å²) in [6.07, 6.45) is 46.0. The van der Waals surface area contributed by atoms with Gasteiger partial charge in [-0.05, 0) is 83.5 Å². The van der Waals surface area contributed by atoms with Gasteiger partial charge in [0, 0.05) is 12.8 Å². The number of unbranched alkanes of at least 4 members (excludes halogenated alkanes) is 5. The summed E-state index contributed by atoms with van der Waals surface area (Å²) in [6, 6.07) is 0. The minimum absolute atomic E-state index is 0.0569. The smallest absolute Gasteiger partial charge is 0.462 e. The third kappa shape index (κ3) is 37.5. The molecule has 0 saturated carbocycles. The molecule has 4 N–H and O–H groups in total. The van der Waals surface area contributed by atoms with Crippen LogP contribution in [0.1, 0.15) is 129 Å². The number of hydrogen-bond donors (Lipinski definition) is 4. The highest BCUT2D eigenvalue weighted by molar-refractivity contribution is 7.47. The number of phosphoric acid groups is 2. The Labute approximate surface area is 370 Å². The molecule has 1 aliphatic heterocycles. The molecule has 1 heterocycles. The van der Waals surface area contributed by atoms with Crippen molar-refractivity contribution in [2.24, 2.45) is 0 Å². The molecule has 0 aromatic heterocycles. The highest BCUT2D eigenvalue weighted by Gasteiger charge is 2.36. The summed E-state index contributed by atoms with van der Waals surface area (Å²) in [7, 11) is -9.72. The van der Waals surface area contributed by atoms with E-state index in [1.54, 1.807) is 0 Å². The van der Waals surface area contributed by atoms with E-state index in [-0.39, 0.29) is 12.8 Å². The molecule has 1 saturated heterocycles. The molecular weight excluding hydrogens is 838 g/mol. The number of hydrogen-bond acceptors (Lipinski definition) is 11. The minimum atomic E-state index is -4.88. The van der Waals surface area contributed by atoms with Crippen LogP contribution in [0.15, 0.2) is 97.2 Å². The van der Waals surface area contributed by atoms with E-state index in [1.165, 1.54) is 0 Å². The first-order chi connectivity index (χ1) is 29.8. The van der Waals surface area contributed by atoms with E-state index >= 15 is 0 Å². The zero-order valence-electron chi connectivity index (χ0n) is 36.9. The standard InChI is InChI=1S/C46H74O14P2/c1-3-5-7-8-9-10-11-12-13-14-19-22-25-28-32-36-46(49)59-42(40-58-62(53,54)57-38-41(47)37-56-61(50,51)52)39-55-45(48)35-31-27-24-21-18-16-15-17-20-23-26-30-34-44-43(60-44)33-29-6-4-2/h5-7,9-10,12-13,16-18,20,24,26-27,29-30,41-44,47H,3-4,8,11,14-15,19,21-23,25,28,31-40H2,1-2H3,(H,53,54)(H2,50,51,52)/b7-5-,10-9-,13-12-,18-16-,20-17-,27-24-,29-6-,30-26-/t41-,42+,43?,44?/m0/s1. The molecule has 0 aliphatic carbocycles. The maximum Gasteiger partial charge on any atom is 0.472 e. The average molecular weight is 913 g/mol. The van der Waals surface area contributed by atoms with Gasteiger partial charge in [0.2, 0.25) is 0 Å². The topological polar surface area (TPSA) is 208 Å². The van der Waals surface area contributed by atoms with Crippen LogP contribution in [-0.4, -0.2) is 82.6 Å². The quantitative estimate of drug-likeness (QED) is 0.0149. The van der Waals surface area contributed by atoms with E-state index in [9.17, 15) is 28.7 Å². The number of phosphoric ester groups is 2. The van der Waals surface area contributed by atoms with Crippen LogP contribution in [0.2, 0.25) is 0 Å². The van der Waals surface area contributed by atoms with Crippen LogP contribution in [0.25, 0.3) is 0 Å². The Morgan fingerprint density at radius 3 is 1.61 bits per heavy atom. The number of aliphatic hydroxyl groups excluding tert-OH is 1. The Morgan fingerprint density at radius 2 is 1.02 bits per heavy atom. The maximum absolute atomic E-state index is 12.7.